The van der Waals surface area contributed by atoms with Gasteiger partial charge in [0, 0.05) is 26.6 Å². The van der Waals surface area contributed by atoms with Crippen molar-refractivity contribution in [3.8, 4) is 56.0 Å². The summed E-state index contributed by atoms with van der Waals surface area (Å²) in [6.45, 7) is 4.67. The predicted octanol–water partition coefficient (Wildman–Crippen LogP) is 14.1. The topological polar surface area (TPSA) is 25.8 Å². The Morgan fingerprint density at radius 2 is 1.28 bits per heavy atom. The van der Waals surface area contributed by atoms with Crippen molar-refractivity contribution in [3.63, 3.8) is 0 Å². The summed E-state index contributed by atoms with van der Waals surface area (Å²) in [5, 5.41) is 5.32. The van der Waals surface area contributed by atoms with Crippen LogP contribution in [0.15, 0.2) is 170 Å². The highest BCUT2D eigenvalue weighted by Gasteiger charge is 2.39. The van der Waals surface area contributed by atoms with Crippen LogP contribution in [0.2, 0.25) is 0 Å². The second-order valence-corrected chi connectivity index (χ2v) is 15.6. The van der Waals surface area contributed by atoms with Crippen molar-refractivity contribution in [2.75, 3.05) is 0 Å². The fourth-order valence-electron chi connectivity index (χ4n) is 8.63. The molecular weight excluding hydrogens is 673 g/mol. The lowest BCUT2D eigenvalue weighted by atomic mass is 9.78. The van der Waals surface area contributed by atoms with E-state index in [9.17, 15) is 0 Å². The zero-order chi connectivity index (χ0) is 40.3. The van der Waals surface area contributed by atoms with Crippen molar-refractivity contribution in [1.82, 2.24) is 9.97 Å². The van der Waals surface area contributed by atoms with Gasteiger partial charge in [-0.2, -0.15) is 0 Å². The van der Waals surface area contributed by atoms with Crippen molar-refractivity contribution in [2.45, 2.75) is 19.3 Å². The van der Waals surface area contributed by atoms with Crippen LogP contribution in [-0.2, 0) is 5.41 Å². The standard InChI is InChI=1S/C51H34N2S/c1-51(2)42-22-11-9-19-39(42)45-41(30-36-18-13-21-38(44(36)46(45)51)32-16-7-4-8-17-32)50-52-47(49-48(53-50)40-20-10-12-23-43(40)54-49)37-27-26-34-28-33(24-25-35(34)29-37)31-14-5-3-6-15-31/h3-30H,1-2H3/i3D,5D,6D,14D,15D. The Morgan fingerprint density at radius 3 is 2.13 bits per heavy atom. The van der Waals surface area contributed by atoms with E-state index in [1.54, 1.807) is 11.3 Å². The largest absolute Gasteiger partial charge is 0.226 e. The molecule has 0 saturated heterocycles. The third kappa shape index (κ3) is 4.65. The van der Waals surface area contributed by atoms with Gasteiger partial charge in [0.05, 0.1) is 22.8 Å². The summed E-state index contributed by atoms with van der Waals surface area (Å²) in [5.74, 6) is 0.670. The molecule has 2 aromatic heterocycles. The summed E-state index contributed by atoms with van der Waals surface area (Å²) in [7, 11) is 0. The van der Waals surface area contributed by atoms with Crippen molar-refractivity contribution < 1.29 is 6.85 Å². The molecule has 0 saturated carbocycles. The molecule has 10 aromatic rings. The maximum atomic E-state index is 8.56. The molecule has 1 aliphatic rings. The summed E-state index contributed by atoms with van der Waals surface area (Å²) >= 11 is 1.70. The first-order valence-electron chi connectivity index (χ1n) is 20.7. The van der Waals surface area contributed by atoms with Crippen LogP contribution >= 0.6 is 11.3 Å². The van der Waals surface area contributed by atoms with Gasteiger partial charge in [0.2, 0.25) is 0 Å². The van der Waals surface area contributed by atoms with Gasteiger partial charge in [0.15, 0.2) is 5.82 Å². The van der Waals surface area contributed by atoms with E-state index in [0.717, 1.165) is 53.3 Å². The number of nitrogens with zero attached hydrogens (tertiary/aromatic N) is 2. The van der Waals surface area contributed by atoms with Crippen molar-refractivity contribution in [3.05, 3.63) is 181 Å². The summed E-state index contributed by atoms with van der Waals surface area (Å²) in [6.07, 6.45) is 0. The van der Waals surface area contributed by atoms with E-state index in [2.05, 4.69) is 129 Å². The van der Waals surface area contributed by atoms with Gasteiger partial charge in [-0.3, -0.25) is 0 Å². The number of fused-ring (bicyclic) bond motifs is 9. The van der Waals surface area contributed by atoms with Crippen LogP contribution < -0.4 is 0 Å². The lowest BCUT2D eigenvalue weighted by Gasteiger charge is -2.25. The Kier molecular flexibility index (Phi) is 5.76. The molecule has 1 aliphatic carbocycles. The molecule has 54 heavy (non-hydrogen) atoms. The first-order valence-corrected chi connectivity index (χ1v) is 19.0. The quantitative estimate of drug-likeness (QED) is 0.182. The summed E-state index contributed by atoms with van der Waals surface area (Å²) in [5.41, 5.74) is 11.5. The molecular formula is C51H34N2S. The van der Waals surface area contributed by atoms with Gasteiger partial charge in [-0.05, 0) is 90.3 Å². The zero-order valence-electron chi connectivity index (χ0n) is 34.6. The van der Waals surface area contributed by atoms with Crippen LogP contribution in [0.5, 0.6) is 0 Å². The predicted molar refractivity (Wildman–Crippen MR) is 229 cm³/mol. The number of aromatic nitrogens is 2. The number of hydrogen-bond acceptors (Lipinski definition) is 3. The molecule has 0 aliphatic heterocycles. The molecule has 0 bridgehead atoms. The molecule has 0 atom stereocenters. The normalized spacial score (nSPS) is 14.4. The average Bonchev–Trinajstić information content (AvgIpc) is 3.76. The molecule has 0 radical (unpaired) electrons. The Labute approximate surface area is 325 Å². The number of rotatable bonds is 4. The van der Waals surface area contributed by atoms with E-state index in [4.69, 9.17) is 16.8 Å². The van der Waals surface area contributed by atoms with Crippen LogP contribution in [0, 0.1) is 0 Å². The highest BCUT2D eigenvalue weighted by Crippen LogP contribution is 2.56. The molecule has 11 rings (SSSR count). The maximum Gasteiger partial charge on any atom is 0.161 e. The smallest absolute Gasteiger partial charge is 0.161 e. The van der Waals surface area contributed by atoms with Gasteiger partial charge >= 0.3 is 0 Å². The highest BCUT2D eigenvalue weighted by atomic mass is 32.1. The molecule has 2 nitrogen and oxygen atoms in total. The van der Waals surface area contributed by atoms with Gasteiger partial charge in [0.1, 0.15) is 0 Å². The fraction of sp³-hybridized carbons (Fsp3) is 0.0588. The lowest BCUT2D eigenvalue weighted by Crippen LogP contribution is -2.16. The Balaban J connectivity index is 1.17. The van der Waals surface area contributed by atoms with Crippen LogP contribution in [0.4, 0.5) is 0 Å². The Morgan fingerprint density at radius 1 is 0.556 bits per heavy atom. The van der Waals surface area contributed by atoms with Crippen molar-refractivity contribution in [2.24, 2.45) is 0 Å². The molecule has 0 unspecified atom stereocenters. The van der Waals surface area contributed by atoms with E-state index in [1.807, 2.05) is 24.3 Å². The monoisotopic (exact) mass is 711 g/mol. The highest BCUT2D eigenvalue weighted by molar-refractivity contribution is 7.26. The van der Waals surface area contributed by atoms with Crippen LogP contribution in [0.1, 0.15) is 31.8 Å². The third-order valence-corrected chi connectivity index (χ3v) is 12.3. The molecule has 0 spiro atoms. The van der Waals surface area contributed by atoms with Gasteiger partial charge in [-0.25, -0.2) is 9.97 Å². The van der Waals surface area contributed by atoms with E-state index >= 15 is 0 Å². The van der Waals surface area contributed by atoms with Crippen LogP contribution in [-0.4, -0.2) is 9.97 Å². The summed E-state index contributed by atoms with van der Waals surface area (Å²) in [4.78, 5) is 11.0. The van der Waals surface area contributed by atoms with E-state index in [-0.39, 0.29) is 35.1 Å². The van der Waals surface area contributed by atoms with Gasteiger partial charge in [-0.1, -0.05) is 159 Å². The number of thiophene rings is 1. The molecule has 8 aromatic carbocycles. The first-order chi connectivity index (χ1) is 28.6. The second kappa shape index (κ2) is 11.8. The SMILES string of the molecule is [2H]c1c([2H])c([2H])c(-c2ccc3cc(-c4nc(-c5cc6cccc(-c7ccccc7)c6c6c5-c5ccccc5C6(C)C)nc5c4sc4ccccc45)ccc3c2)c([2H])c1[2H]. The number of hydrogen-bond donors (Lipinski definition) is 0. The average molecular weight is 712 g/mol. The summed E-state index contributed by atoms with van der Waals surface area (Å²) < 4.78 is 43.8. The lowest BCUT2D eigenvalue weighted by molar-refractivity contribution is 0.666. The minimum Gasteiger partial charge on any atom is -0.226 e. The molecule has 0 amide bonds. The molecule has 0 N–H and O–H groups in total. The number of benzene rings is 8. The van der Waals surface area contributed by atoms with Crippen LogP contribution in [0.3, 0.4) is 0 Å². The van der Waals surface area contributed by atoms with E-state index in [1.165, 1.54) is 38.8 Å². The fourth-order valence-corrected chi connectivity index (χ4v) is 9.78. The van der Waals surface area contributed by atoms with E-state index in [0.29, 0.717) is 11.4 Å². The second-order valence-electron chi connectivity index (χ2n) is 14.6. The Hall–Kier alpha value is -6.42. The van der Waals surface area contributed by atoms with Gasteiger partial charge in [-0.15, -0.1) is 11.3 Å². The first kappa shape index (κ1) is 26.4. The maximum absolute atomic E-state index is 8.56. The van der Waals surface area contributed by atoms with E-state index < -0.39 is 6.04 Å². The molecule has 0 fully saturated rings. The van der Waals surface area contributed by atoms with Gasteiger partial charge < -0.3 is 0 Å². The minimum absolute atomic E-state index is 0.193. The summed E-state index contributed by atoms with van der Waals surface area (Å²) in [6, 6.07) is 47.1. The van der Waals surface area contributed by atoms with Gasteiger partial charge in [0.25, 0.3) is 0 Å². The van der Waals surface area contributed by atoms with Crippen LogP contribution in [0.25, 0.3) is 97.9 Å². The zero-order valence-corrected chi connectivity index (χ0v) is 30.4. The molecule has 2 heterocycles. The Bertz CT molecular complexity index is 3400. The molecule has 254 valence electrons. The van der Waals surface area contributed by atoms with Crippen molar-refractivity contribution >= 4 is 53.2 Å². The molecule has 3 heteroatoms. The third-order valence-electron chi connectivity index (χ3n) is 11.1. The minimum atomic E-state index is -0.399. The van der Waals surface area contributed by atoms with Crippen molar-refractivity contribution in [1.29, 1.82) is 0 Å².